The minimum atomic E-state index is 0.161. The highest BCUT2D eigenvalue weighted by Crippen LogP contribution is 2.05. The Morgan fingerprint density at radius 3 is 2.64 bits per heavy atom. The molecule has 0 aromatic carbocycles. The average molecular weight is 198 g/mol. The van der Waals surface area contributed by atoms with E-state index in [0.29, 0.717) is 0 Å². The third-order valence-electron chi connectivity index (χ3n) is 2.99. The first-order chi connectivity index (χ1) is 6.74. The van der Waals surface area contributed by atoms with E-state index in [4.69, 9.17) is 0 Å². The molecule has 0 radical (unpaired) electrons. The van der Waals surface area contributed by atoms with Crippen LogP contribution in [-0.2, 0) is 4.79 Å². The van der Waals surface area contributed by atoms with Crippen molar-refractivity contribution in [2.45, 2.75) is 33.1 Å². The van der Waals surface area contributed by atoms with Crippen LogP contribution in [0.25, 0.3) is 0 Å². The van der Waals surface area contributed by atoms with Gasteiger partial charge in [0.15, 0.2) is 0 Å². The molecule has 1 heterocycles. The Balaban J connectivity index is 2.05. The van der Waals surface area contributed by atoms with Gasteiger partial charge < -0.3 is 10.2 Å². The molecule has 1 aliphatic heterocycles. The SMILES string of the molecule is CCC(C)C(=O)NCCN1CCCC1. The number of amides is 1. The van der Waals surface area contributed by atoms with Gasteiger partial charge in [0.05, 0.1) is 0 Å². The van der Waals surface area contributed by atoms with Gasteiger partial charge >= 0.3 is 0 Å². The maximum Gasteiger partial charge on any atom is 0.222 e. The number of likely N-dealkylation sites (tertiary alicyclic amines) is 1. The summed E-state index contributed by atoms with van der Waals surface area (Å²) in [5, 5.41) is 2.98. The number of nitrogens with one attached hydrogen (secondary N) is 1. The maximum absolute atomic E-state index is 11.4. The molecule has 1 amide bonds. The molecule has 1 atom stereocenters. The van der Waals surface area contributed by atoms with E-state index in [0.717, 1.165) is 19.5 Å². The van der Waals surface area contributed by atoms with Crippen LogP contribution >= 0.6 is 0 Å². The number of carbonyl (C=O) groups is 1. The topological polar surface area (TPSA) is 32.3 Å². The Labute approximate surface area is 86.9 Å². The summed E-state index contributed by atoms with van der Waals surface area (Å²) in [6.45, 7) is 8.26. The van der Waals surface area contributed by atoms with Gasteiger partial charge in [0.2, 0.25) is 5.91 Å². The summed E-state index contributed by atoms with van der Waals surface area (Å²) >= 11 is 0. The second-order valence-corrected chi connectivity index (χ2v) is 4.15. The van der Waals surface area contributed by atoms with Gasteiger partial charge in [-0.15, -0.1) is 0 Å². The van der Waals surface area contributed by atoms with Crippen LogP contribution in [0.1, 0.15) is 33.1 Å². The normalized spacial score (nSPS) is 19.6. The summed E-state index contributed by atoms with van der Waals surface area (Å²) in [4.78, 5) is 13.8. The third kappa shape index (κ3) is 3.66. The zero-order chi connectivity index (χ0) is 10.4. The molecule has 1 saturated heterocycles. The number of nitrogens with zero attached hydrogens (tertiary/aromatic N) is 1. The van der Waals surface area contributed by atoms with Crippen molar-refractivity contribution < 1.29 is 4.79 Å². The summed E-state index contributed by atoms with van der Waals surface area (Å²) in [6, 6.07) is 0. The van der Waals surface area contributed by atoms with Crippen molar-refractivity contribution in [3.63, 3.8) is 0 Å². The molecule has 1 fully saturated rings. The molecule has 0 aliphatic carbocycles. The van der Waals surface area contributed by atoms with Crippen LogP contribution in [-0.4, -0.2) is 37.0 Å². The first-order valence-electron chi connectivity index (χ1n) is 5.74. The van der Waals surface area contributed by atoms with E-state index in [1.807, 2.05) is 13.8 Å². The monoisotopic (exact) mass is 198 g/mol. The van der Waals surface area contributed by atoms with Crippen molar-refractivity contribution in [1.29, 1.82) is 0 Å². The molecule has 0 bridgehead atoms. The lowest BCUT2D eigenvalue weighted by Gasteiger charge is -2.16. The zero-order valence-corrected chi connectivity index (χ0v) is 9.38. The smallest absolute Gasteiger partial charge is 0.222 e. The number of hydrogen-bond donors (Lipinski definition) is 1. The number of carbonyl (C=O) groups excluding carboxylic acids is 1. The predicted molar refractivity (Wildman–Crippen MR) is 58.1 cm³/mol. The zero-order valence-electron chi connectivity index (χ0n) is 9.38. The van der Waals surface area contributed by atoms with E-state index in [9.17, 15) is 4.79 Å². The third-order valence-corrected chi connectivity index (χ3v) is 2.99. The molecule has 0 aromatic rings. The second kappa shape index (κ2) is 6.02. The quantitative estimate of drug-likeness (QED) is 0.721. The van der Waals surface area contributed by atoms with Crippen LogP contribution in [0, 0.1) is 5.92 Å². The van der Waals surface area contributed by atoms with Gasteiger partial charge in [-0.1, -0.05) is 13.8 Å². The van der Waals surface area contributed by atoms with Crippen LogP contribution in [0.5, 0.6) is 0 Å². The van der Waals surface area contributed by atoms with Crippen molar-refractivity contribution >= 4 is 5.91 Å². The van der Waals surface area contributed by atoms with E-state index >= 15 is 0 Å². The Kier molecular flexibility index (Phi) is 4.94. The van der Waals surface area contributed by atoms with Crippen molar-refractivity contribution in [3.05, 3.63) is 0 Å². The molecule has 0 aromatic heterocycles. The number of hydrogen-bond acceptors (Lipinski definition) is 2. The van der Waals surface area contributed by atoms with E-state index in [2.05, 4.69) is 10.2 Å². The molecule has 3 heteroatoms. The van der Waals surface area contributed by atoms with Crippen molar-refractivity contribution in [2.75, 3.05) is 26.2 Å². The average Bonchev–Trinajstić information content (AvgIpc) is 2.69. The molecule has 14 heavy (non-hydrogen) atoms. The summed E-state index contributed by atoms with van der Waals surface area (Å²) < 4.78 is 0. The van der Waals surface area contributed by atoms with Gasteiger partial charge in [0.1, 0.15) is 0 Å². The molecule has 0 spiro atoms. The van der Waals surface area contributed by atoms with Crippen LogP contribution in [0.4, 0.5) is 0 Å². The molecule has 1 aliphatic rings. The second-order valence-electron chi connectivity index (χ2n) is 4.15. The Hall–Kier alpha value is -0.570. The molecule has 0 saturated carbocycles. The highest BCUT2D eigenvalue weighted by Gasteiger charge is 2.12. The van der Waals surface area contributed by atoms with Crippen LogP contribution in [0.15, 0.2) is 0 Å². The van der Waals surface area contributed by atoms with Crippen LogP contribution in [0.3, 0.4) is 0 Å². The standard InChI is InChI=1S/C11H22N2O/c1-3-10(2)11(14)12-6-9-13-7-4-5-8-13/h10H,3-9H2,1-2H3,(H,12,14). The van der Waals surface area contributed by atoms with Crippen molar-refractivity contribution in [3.8, 4) is 0 Å². The van der Waals surface area contributed by atoms with Gasteiger partial charge in [-0.2, -0.15) is 0 Å². The molecule has 1 N–H and O–H groups in total. The number of rotatable bonds is 5. The molecule has 82 valence electrons. The minimum absolute atomic E-state index is 0.161. The van der Waals surface area contributed by atoms with E-state index < -0.39 is 0 Å². The van der Waals surface area contributed by atoms with Gasteiger partial charge in [0.25, 0.3) is 0 Å². The lowest BCUT2D eigenvalue weighted by molar-refractivity contribution is -0.124. The fourth-order valence-corrected chi connectivity index (χ4v) is 1.70. The summed E-state index contributed by atoms with van der Waals surface area (Å²) in [7, 11) is 0. The maximum atomic E-state index is 11.4. The van der Waals surface area contributed by atoms with E-state index in [-0.39, 0.29) is 11.8 Å². The Bertz CT molecular complexity index is 176. The van der Waals surface area contributed by atoms with Crippen molar-refractivity contribution in [2.24, 2.45) is 5.92 Å². The first-order valence-corrected chi connectivity index (χ1v) is 5.74. The van der Waals surface area contributed by atoms with Gasteiger partial charge in [-0.3, -0.25) is 4.79 Å². The van der Waals surface area contributed by atoms with Gasteiger partial charge in [0, 0.05) is 19.0 Å². The molecule has 1 rings (SSSR count). The van der Waals surface area contributed by atoms with Gasteiger partial charge in [-0.05, 0) is 32.4 Å². The van der Waals surface area contributed by atoms with E-state index in [1.54, 1.807) is 0 Å². The van der Waals surface area contributed by atoms with Crippen LogP contribution in [0.2, 0.25) is 0 Å². The Morgan fingerprint density at radius 1 is 1.43 bits per heavy atom. The molecule has 3 nitrogen and oxygen atoms in total. The lowest BCUT2D eigenvalue weighted by Crippen LogP contribution is -2.35. The predicted octanol–water partition coefficient (Wildman–Crippen LogP) is 1.24. The fourth-order valence-electron chi connectivity index (χ4n) is 1.70. The van der Waals surface area contributed by atoms with Crippen molar-refractivity contribution in [1.82, 2.24) is 10.2 Å². The van der Waals surface area contributed by atoms with Crippen LogP contribution < -0.4 is 5.32 Å². The largest absolute Gasteiger partial charge is 0.355 e. The van der Waals surface area contributed by atoms with E-state index in [1.165, 1.54) is 25.9 Å². The minimum Gasteiger partial charge on any atom is -0.355 e. The highest BCUT2D eigenvalue weighted by atomic mass is 16.1. The lowest BCUT2D eigenvalue weighted by atomic mass is 10.1. The summed E-state index contributed by atoms with van der Waals surface area (Å²) in [5.74, 6) is 0.361. The highest BCUT2D eigenvalue weighted by molar-refractivity contribution is 5.78. The molecule has 1 unspecified atom stereocenters. The Morgan fingerprint density at radius 2 is 2.07 bits per heavy atom. The first kappa shape index (κ1) is 11.5. The van der Waals surface area contributed by atoms with Gasteiger partial charge in [-0.25, -0.2) is 0 Å². The summed E-state index contributed by atoms with van der Waals surface area (Å²) in [6.07, 6.45) is 3.56. The molecular formula is C11H22N2O. The fraction of sp³-hybridized carbons (Fsp3) is 0.909. The summed E-state index contributed by atoms with van der Waals surface area (Å²) in [5.41, 5.74) is 0. The molecular weight excluding hydrogens is 176 g/mol.